The SMILES string of the molecule is Clc1cc(C(Br)Cc2cccc3ccccc23)ccc1Br. The van der Waals surface area contributed by atoms with E-state index in [1.807, 2.05) is 12.1 Å². The van der Waals surface area contributed by atoms with Crippen molar-refractivity contribution >= 4 is 54.2 Å². The van der Waals surface area contributed by atoms with Crippen LogP contribution < -0.4 is 0 Å². The highest BCUT2D eigenvalue weighted by Gasteiger charge is 2.12. The number of fused-ring (bicyclic) bond motifs is 1. The number of halogens is 3. The molecule has 0 N–H and O–H groups in total. The van der Waals surface area contributed by atoms with Crippen LogP contribution in [0.3, 0.4) is 0 Å². The van der Waals surface area contributed by atoms with Gasteiger partial charge in [0.2, 0.25) is 0 Å². The Morgan fingerprint density at radius 1 is 0.952 bits per heavy atom. The van der Waals surface area contributed by atoms with Crippen molar-refractivity contribution in [1.82, 2.24) is 0 Å². The van der Waals surface area contributed by atoms with E-state index in [1.54, 1.807) is 0 Å². The molecular weight excluding hydrogens is 411 g/mol. The van der Waals surface area contributed by atoms with Gasteiger partial charge in [-0.3, -0.25) is 0 Å². The first kappa shape index (κ1) is 15.1. The summed E-state index contributed by atoms with van der Waals surface area (Å²) in [6.07, 6.45) is 0.930. The summed E-state index contributed by atoms with van der Waals surface area (Å²) in [6, 6.07) is 21.1. The molecule has 0 heterocycles. The van der Waals surface area contributed by atoms with Gasteiger partial charge in [0.25, 0.3) is 0 Å². The summed E-state index contributed by atoms with van der Waals surface area (Å²) in [7, 11) is 0. The fourth-order valence-corrected chi connectivity index (χ4v) is 3.56. The topological polar surface area (TPSA) is 0 Å². The van der Waals surface area contributed by atoms with Crippen LogP contribution in [0.4, 0.5) is 0 Å². The zero-order chi connectivity index (χ0) is 14.8. The second-order valence-corrected chi connectivity index (χ2v) is 7.35. The van der Waals surface area contributed by atoms with Gasteiger partial charge in [0.1, 0.15) is 0 Å². The minimum atomic E-state index is 0.244. The van der Waals surface area contributed by atoms with E-state index in [9.17, 15) is 0 Å². The largest absolute Gasteiger partial charge is 0.0835 e. The van der Waals surface area contributed by atoms with Gasteiger partial charge in [-0.05, 0) is 56.4 Å². The van der Waals surface area contributed by atoms with Gasteiger partial charge in [0, 0.05) is 9.30 Å². The average Bonchev–Trinajstić information content (AvgIpc) is 2.50. The number of rotatable bonds is 3. The zero-order valence-corrected chi connectivity index (χ0v) is 15.1. The Kier molecular flexibility index (Phi) is 4.68. The molecule has 0 aromatic heterocycles. The highest BCUT2D eigenvalue weighted by atomic mass is 79.9. The highest BCUT2D eigenvalue weighted by molar-refractivity contribution is 9.10. The van der Waals surface area contributed by atoms with E-state index in [1.165, 1.54) is 21.9 Å². The fourth-order valence-electron chi connectivity index (χ4n) is 2.49. The van der Waals surface area contributed by atoms with Gasteiger partial charge in [0.05, 0.1) is 5.02 Å². The number of hydrogen-bond acceptors (Lipinski definition) is 0. The van der Waals surface area contributed by atoms with Gasteiger partial charge in [-0.25, -0.2) is 0 Å². The minimum absolute atomic E-state index is 0.244. The summed E-state index contributed by atoms with van der Waals surface area (Å²) in [5, 5.41) is 3.34. The molecule has 0 saturated heterocycles. The Bertz CT molecular complexity index is 778. The molecule has 0 saturated carbocycles. The van der Waals surface area contributed by atoms with Gasteiger partial charge < -0.3 is 0 Å². The minimum Gasteiger partial charge on any atom is -0.0835 e. The fraction of sp³-hybridized carbons (Fsp3) is 0.111. The first-order valence-corrected chi connectivity index (χ1v) is 8.79. The molecule has 3 heteroatoms. The molecule has 3 rings (SSSR count). The van der Waals surface area contributed by atoms with Crippen LogP contribution in [-0.4, -0.2) is 0 Å². The monoisotopic (exact) mass is 422 g/mol. The van der Waals surface area contributed by atoms with Crippen molar-refractivity contribution in [2.24, 2.45) is 0 Å². The third-order valence-corrected chi connectivity index (χ3v) is 5.67. The first-order valence-electron chi connectivity index (χ1n) is 6.71. The van der Waals surface area contributed by atoms with E-state index in [4.69, 9.17) is 11.6 Å². The van der Waals surface area contributed by atoms with Crippen molar-refractivity contribution in [2.45, 2.75) is 11.2 Å². The Labute approximate surface area is 146 Å². The Hall–Kier alpha value is -0.830. The second-order valence-electron chi connectivity index (χ2n) is 4.98. The Morgan fingerprint density at radius 2 is 1.71 bits per heavy atom. The van der Waals surface area contributed by atoms with Crippen molar-refractivity contribution in [3.05, 3.63) is 81.3 Å². The quantitative estimate of drug-likeness (QED) is 0.400. The molecule has 0 amide bonds. The lowest BCUT2D eigenvalue weighted by atomic mass is 9.98. The molecular formula is C18H13Br2Cl. The molecule has 21 heavy (non-hydrogen) atoms. The van der Waals surface area contributed by atoms with Crippen molar-refractivity contribution in [2.75, 3.05) is 0 Å². The van der Waals surface area contributed by atoms with Crippen LogP contribution in [0.25, 0.3) is 10.8 Å². The maximum Gasteiger partial charge on any atom is 0.0551 e. The van der Waals surface area contributed by atoms with Crippen LogP contribution >= 0.6 is 43.5 Å². The van der Waals surface area contributed by atoms with Crippen LogP contribution in [0.1, 0.15) is 16.0 Å². The second kappa shape index (κ2) is 6.51. The van der Waals surface area contributed by atoms with E-state index < -0.39 is 0 Å². The van der Waals surface area contributed by atoms with Crippen molar-refractivity contribution in [3.8, 4) is 0 Å². The molecule has 3 aromatic rings. The summed E-state index contributed by atoms with van der Waals surface area (Å²) in [4.78, 5) is 0.244. The standard InChI is InChI=1S/C18H13Br2Cl/c19-16-9-8-14(11-18(16)21)17(20)10-13-6-3-5-12-4-1-2-7-15(12)13/h1-9,11,17H,10H2. The third-order valence-electron chi connectivity index (χ3n) is 3.58. The summed E-state index contributed by atoms with van der Waals surface area (Å²) in [5.41, 5.74) is 2.53. The lowest BCUT2D eigenvalue weighted by Crippen LogP contribution is -1.96. The highest BCUT2D eigenvalue weighted by Crippen LogP contribution is 2.33. The summed E-state index contributed by atoms with van der Waals surface area (Å²) in [6.45, 7) is 0. The van der Waals surface area contributed by atoms with Gasteiger partial charge in [-0.15, -0.1) is 0 Å². The third kappa shape index (κ3) is 3.33. The van der Waals surface area contributed by atoms with Crippen LogP contribution in [0.5, 0.6) is 0 Å². The first-order chi connectivity index (χ1) is 10.1. The molecule has 3 aromatic carbocycles. The molecule has 106 valence electrons. The zero-order valence-electron chi connectivity index (χ0n) is 11.2. The smallest absolute Gasteiger partial charge is 0.0551 e. The van der Waals surface area contributed by atoms with E-state index in [0.717, 1.165) is 15.9 Å². The molecule has 0 nitrogen and oxygen atoms in total. The van der Waals surface area contributed by atoms with E-state index in [-0.39, 0.29) is 4.83 Å². The van der Waals surface area contributed by atoms with Crippen molar-refractivity contribution in [1.29, 1.82) is 0 Å². The number of alkyl halides is 1. The maximum absolute atomic E-state index is 6.19. The molecule has 0 bridgehead atoms. The number of benzene rings is 3. The van der Waals surface area contributed by atoms with Gasteiger partial charge in [0.15, 0.2) is 0 Å². The lowest BCUT2D eigenvalue weighted by molar-refractivity contribution is 0.957. The Morgan fingerprint density at radius 3 is 2.52 bits per heavy atom. The summed E-state index contributed by atoms with van der Waals surface area (Å²) in [5.74, 6) is 0. The van der Waals surface area contributed by atoms with E-state index in [2.05, 4.69) is 80.4 Å². The van der Waals surface area contributed by atoms with Gasteiger partial charge >= 0.3 is 0 Å². The van der Waals surface area contributed by atoms with Gasteiger partial charge in [-0.2, -0.15) is 0 Å². The molecule has 1 atom stereocenters. The van der Waals surface area contributed by atoms with Crippen molar-refractivity contribution in [3.63, 3.8) is 0 Å². The Balaban J connectivity index is 1.92. The van der Waals surface area contributed by atoms with Crippen LogP contribution in [0.2, 0.25) is 5.02 Å². The lowest BCUT2D eigenvalue weighted by Gasteiger charge is -2.13. The molecule has 0 fully saturated rings. The maximum atomic E-state index is 6.19. The normalized spacial score (nSPS) is 12.5. The average molecular weight is 425 g/mol. The van der Waals surface area contributed by atoms with Crippen LogP contribution in [0, 0.1) is 0 Å². The van der Waals surface area contributed by atoms with Gasteiger partial charge in [-0.1, -0.05) is 76.1 Å². The molecule has 0 aliphatic carbocycles. The molecule has 0 spiro atoms. The molecule has 0 aliphatic heterocycles. The van der Waals surface area contributed by atoms with Crippen LogP contribution in [-0.2, 0) is 6.42 Å². The predicted octanol–water partition coefficient (Wildman–Crippen LogP) is 6.93. The molecule has 0 aliphatic rings. The molecule has 0 radical (unpaired) electrons. The summed E-state index contributed by atoms with van der Waals surface area (Å²) < 4.78 is 0.928. The van der Waals surface area contributed by atoms with E-state index in [0.29, 0.717) is 0 Å². The predicted molar refractivity (Wildman–Crippen MR) is 98.5 cm³/mol. The van der Waals surface area contributed by atoms with Crippen LogP contribution in [0.15, 0.2) is 65.1 Å². The molecule has 1 unspecified atom stereocenters. The van der Waals surface area contributed by atoms with E-state index >= 15 is 0 Å². The number of hydrogen-bond donors (Lipinski definition) is 0. The van der Waals surface area contributed by atoms with Crippen molar-refractivity contribution < 1.29 is 0 Å². The summed E-state index contributed by atoms with van der Waals surface area (Å²) >= 11 is 13.4.